The first kappa shape index (κ1) is 26.9. The second kappa shape index (κ2) is 12.3. The van der Waals surface area contributed by atoms with E-state index in [-0.39, 0.29) is 5.91 Å². The van der Waals surface area contributed by atoms with Gasteiger partial charge in [0, 0.05) is 34.8 Å². The summed E-state index contributed by atoms with van der Waals surface area (Å²) in [5.41, 5.74) is 5.29. The van der Waals surface area contributed by atoms with Crippen molar-refractivity contribution in [2.75, 3.05) is 18.5 Å². The molecule has 8 heteroatoms. The lowest BCUT2D eigenvalue weighted by Gasteiger charge is -2.21. The van der Waals surface area contributed by atoms with Gasteiger partial charge in [-0.25, -0.2) is 4.99 Å². The van der Waals surface area contributed by atoms with Crippen LogP contribution < -0.4 is 15.5 Å². The van der Waals surface area contributed by atoms with Gasteiger partial charge in [-0.2, -0.15) is 0 Å². The zero-order valence-electron chi connectivity index (χ0n) is 20.4. The topological polar surface area (TPSA) is 56.7 Å². The summed E-state index contributed by atoms with van der Waals surface area (Å²) < 4.78 is 0. The third-order valence-electron chi connectivity index (χ3n) is 5.60. The van der Waals surface area contributed by atoms with Gasteiger partial charge in [0.15, 0.2) is 5.11 Å². The van der Waals surface area contributed by atoms with Crippen LogP contribution in [0.5, 0.6) is 0 Å². The summed E-state index contributed by atoms with van der Waals surface area (Å²) in [7, 11) is 1.71. The molecule has 184 valence electrons. The molecule has 0 saturated carbocycles. The van der Waals surface area contributed by atoms with Crippen LogP contribution in [0.1, 0.15) is 44.7 Å². The Morgan fingerprint density at radius 2 is 1.86 bits per heavy atom. The standard InChI is InChI=1S/C27H30Cl2N4OS/c1-17(2)8-7-9-18(3)14-15-30-27(35)32-25-26(34)33(4)23-13-12-19(28)16-21(23)24(31-25)20-10-5-6-11-22(20)29/h5-6,8,10-14,16,25H,7,9,15H2,1-4H3,(H2,30,32,35)/b18-14+. The Balaban J connectivity index is 1.83. The number of nitrogens with zero attached hydrogens (tertiary/aromatic N) is 2. The summed E-state index contributed by atoms with van der Waals surface area (Å²) in [5, 5.41) is 7.63. The summed E-state index contributed by atoms with van der Waals surface area (Å²) in [6.45, 7) is 6.86. The number of thiocarbonyl (C=S) groups is 1. The average Bonchev–Trinajstić information content (AvgIpc) is 2.89. The smallest absolute Gasteiger partial charge is 0.272 e. The third-order valence-corrected chi connectivity index (χ3v) is 6.43. The van der Waals surface area contributed by atoms with Crippen molar-refractivity contribution in [3.05, 3.63) is 86.9 Å². The lowest BCUT2D eigenvalue weighted by molar-refractivity contribution is -0.119. The number of benzene rings is 2. The van der Waals surface area contributed by atoms with Gasteiger partial charge in [0.25, 0.3) is 5.91 Å². The number of anilines is 1. The molecule has 1 atom stereocenters. The molecule has 2 aromatic rings. The normalized spacial score (nSPS) is 15.7. The minimum absolute atomic E-state index is 0.242. The Morgan fingerprint density at radius 3 is 2.57 bits per heavy atom. The first-order valence-electron chi connectivity index (χ1n) is 11.4. The second-order valence-electron chi connectivity index (χ2n) is 8.64. The number of rotatable bonds is 7. The summed E-state index contributed by atoms with van der Waals surface area (Å²) in [6, 6.07) is 12.8. The van der Waals surface area contributed by atoms with Crippen LogP contribution in [0, 0.1) is 0 Å². The van der Waals surface area contributed by atoms with Gasteiger partial charge in [-0.1, -0.05) is 64.7 Å². The first-order chi connectivity index (χ1) is 16.7. The number of likely N-dealkylation sites (N-methyl/N-ethyl adjacent to an activating group) is 1. The molecule has 1 aliphatic rings. The van der Waals surface area contributed by atoms with Crippen molar-refractivity contribution in [1.82, 2.24) is 10.6 Å². The quantitative estimate of drug-likeness (QED) is 0.327. The fourth-order valence-corrected chi connectivity index (χ4v) is 4.28. The maximum Gasteiger partial charge on any atom is 0.272 e. The summed E-state index contributed by atoms with van der Waals surface area (Å²) in [4.78, 5) is 19.7. The van der Waals surface area contributed by atoms with E-state index in [1.54, 1.807) is 30.1 Å². The van der Waals surface area contributed by atoms with E-state index in [4.69, 9.17) is 40.4 Å². The molecule has 1 heterocycles. The number of carbonyl (C=O) groups is 1. The van der Waals surface area contributed by atoms with Crippen LogP contribution >= 0.6 is 35.4 Å². The zero-order valence-corrected chi connectivity index (χ0v) is 22.7. The molecule has 0 aromatic heterocycles. The average molecular weight is 530 g/mol. The molecule has 2 aromatic carbocycles. The van der Waals surface area contributed by atoms with Crippen LogP contribution in [0.2, 0.25) is 10.0 Å². The number of amides is 1. The van der Waals surface area contributed by atoms with E-state index in [1.165, 1.54) is 11.1 Å². The molecular formula is C27H30Cl2N4OS. The number of aliphatic imine (C=N–C) groups is 1. The molecule has 5 nitrogen and oxygen atoms in total. The molecular weight excluding hydrogens is 499 g/mol. The lowest BCUT2D eigenvalue weighted by Crippen LogP contribution is -2.49. The van der Waals surface area contributed by atoms with Gasteiger partial charge in [0.05, 0.1) is 11.4 Å². The van der Waals surface area contributed by atoms with E-state index in [9.17, 15) is 4.79 Å². The molecule has 2 N–H and O–H groups in total. The monoisotopic (exact) mass is 528 g/mol. The predicted molar refractivity (Wildman–Crippen MR) is 152 cm³/mol. The number of benzodiazepines with no additional fused rings is 1. The van der Waals surface area contributed by atoms with Crippen LogP contribution in [0.4, 0.5) is 5.69 Å². The molecule has 0 bridgehead atoms. The zero-order chi connectivity index (χ0) is 25.5. The predicted octanol–water partition coefficient (Wildman–Crippen LogP) is 6.29. The van der Waals surface area contributed by atoms with Crippen molar-refractivity contribution in [3.63, 3.8) is 0 Å². The number of hydrogen-bond acceptors (Lipinski definition) is 3. The Kier molecular flexibility index (Phi) is 9.49. The van der Waals surface area contributed by atoms with Crippen molar-refractivity contribution in [3.8, 4) is 0 Å². The Bertz CT molecular complexity index is 1200. The molecule has 0 radical (unpaired) electrons. The molecule has 0 saturated heterocycles. The van der Waals surface area contributed by atoms with Crippen molar-refractivity contribution in [2.45, 2.75) is 39.8 Å². The van der Waals surface area contributed by atoms with Gasteiger partial charge in [0.2, 0.25) is 6.17 Å². The molecule has 0 spiro atoms. The number of hydrogen-bond donors (Lipinski definition) is 2. The Labute approximate surface area is 222 Å². The highest BCUT2D eigenvalue weighted by Crippen LogP contribution is 2.31. The van der Waals surface area contributed by atoms with Gasteiger partial charge < -0.3 is 15.5 Å². The maximum atomic E-state index is 13.3. The molecule has 1 amide bonds. The molecule has 1 unspecified atom stereocenters. The van der Waals surface area contributed by atoms with Crippen LogP contribution in [0.15, 0.2) is 70.8 Å². The van der Waals surface area contributed by atoms with E-state index < -0.39 is 6.17 Å². The SMILES string of the molecule is CC(C)=CCC/C(C)=C/CNC(=S)NC1N=C(c2ccccc2Cl)c2cc(Cl)ccc2N(C)C1=O. The van der Waals surface area contributed by atoms with Crippen LogP contribution in [-0.4, -0.2) is 36.5 Å². The number of carbonyl (C=O) groups excluding carboxylic acids is 1. The van der Waals surface area contributed by atoms with E-state index in [1.807, 2.05) is 24.3 Å². The lowest BCUT2D eigenvalue weighted by atomic mass is 10.00. The Hall–Kier alpha value is -2.67. The van der Waals surface area contributed by atoms with Crippen molar-refractivity contribution >= 4 is 57.8 Å². The van der Waals surface area contributed by atoms with E-state index in [0.717, 1.165) is 18.4 Å². The molecule has 3 rings (SSSR count). The number of fused-ring (bicyclic) bond motifs is 1. The first-order valence-corrected chi connectivity index (χ1v) is 12.6. The summed E-state index contributed by atoms with van der Waals surface area (Å²) >= 11 is 18.3. The third kappa shape index (κ3) is 7.17. The summed E-state index contributed by atoms with van der Waals surface area (Å²) in [6.07, 6.45) is 5.40. The van der Waals surface area contributed by atoms with Crippen LogP contribution in [0.3, 0.4) is 0 Å². The molecule has 35 heavy (non-hydrogen) atoms. The number of allylic oxidation sites excluding steroid dienone is 3. The van der Waals surface area contributed by atoms with Gasteiger partial charge in [-0.3, -0.25) is 4.79 Å². The molecule has 1 aliphatic heterocycles. The van der Waals surface area contributed by atoms with Gasteiger partial charge in [-0.15, -0.1) is 0 Å². The van der Waals surface area contributed by atoms with Gasteiger partial charge in [-0.05, 0) is 70.1 Å². The minimum atomic E-state index is -0.930. The highest BCUT2D eigenvalue weighted by atomic mass is 35.5. The minimum Gasteiger partial charge on any atom is -0.359 e. The Morgan fingerprint density at radius 1 is 1.11 bits per heavy atom. The van der Waals surface area contributed by atoms with Crippen LogP contribution in [0.25, 0.3) is 0 Å². The highest BCUT2D eigenvalue weighted by Gasteiger charge is 2.31. The van der Waals surface area contributed by atoms with Crippen molar-refractivity contribution < 1.29 is 4.79 Å². The van der Waals surface area contributed by atoms with Crippen molar-refractivity contribution in [1.29, 1.82) is 0 Å². The van der Waals surface area contributed by atoms with Gasteiger partial charge in [0.1, 0.15) is 0 Å². The molecule has 0 fully saturated rings. The fraction of sp³-hybridized carbons (Fsp3) is 0.296. The fourth-order valence-electron chi connectivity index (χ4n) is 3.69. The van der Waals surface area contributed by atoms with Crippen molar-refractivity contribution in [2.24, 2.45) is 4.99 Å². The van der Waals surface area contributed by atoms with E-state index >= 15 is 0 Å². The number of halogens is 2. The van der Waals surface area contributed by atoms with E-state index in [0.29, 0.717) is 38.7 Å². The summed E-state index contributed by atoms with van der Waals surface area (Å²) in [5.74, 6) is -0.242. The van der Waals surface area contributed by atoms with E-state index in [2.05, 4.69) is 43.6 Å². The van der Waals surface area contributed by atoms with Crippen LogP contribution in [-0.2, 0) is 4.79 Å². The number of nitrogens with one attached hydrogen (secondary N) is 2. The largest absolute Gasteiger partial charge is 0.359 e. The highest BCUT2D eigenvalue weighted by molar-refractivity contribution is 7.80. The second-order valence-corrected chi connectivity index (χ2v) is 9.90. The van der Waals surface area contributed by atoms with Gasteiger partial charge >= 0.3 is 0 Å². The maximum absolute atomic E-state index is 13.3. The molecule has 0 aliphatic carbocycles.